The first-order valence-electron chi connectivity index (χ1n) is 8.65. The molecule has 0 fully saturated rings. The van der Waals surface area contributed by atoms with Crippen molar-refractivity contribution in [3.63, 3.8) is 0 Å². The standard InChI is InChI=1S/C20H22N2O6/c1-3-26-17-6-4-5-7-18(17)27-13-20(25)28-12-19(24)22-16-10-8-15(9-11-16)21-14(2)23/h4-11H,3,12-13H2,1-2H3,(H,21,23)(H,22,24). The molecule has 0 saturated heterocycles. The van der Waals surface area contributed by atoms with Gasteiger partial charge < -0.3 is 24.8 Å². The van der Waals surface area contributed by atoms with E-state index in [0.717, 1.165) is 0 Å². The molecule has 28 heavy (non-hydrogen) atoms. The number of hydrogen-bond donors (Lipinski definition) is 2. The first-order chi connectivity index (χ1) is 13.5. The van der Waals surface area contributed by atoms with E-state index in [-0.39, 0.29) is 12.5 Å². The molecule has 0 aromatic heterocycles. The quantitative estimate of drug-likeness (QED) is 0.642. The summed E-state index contributed by atoms with van der Waals surface area (Å²) in [6, 6.07) is 13.5. The smallest absolute Gasteiger partial charge is 0.344 e. The zero-order chi connectivity index (χ0) is 20.4. The van der Waals surface area contributed by atoms with Crippen molar-refractivity contribution in [1.82, 2.24) is 0 Å². The Bertz CT molecular complexity index is 820. The van der Waals surface area contributed by atoms with Crippen LogP contribution in [0.15, 0.2) is 48.5 Å². The summed E-state index contributed by atoms with van der Waals surface area (Å²) in [5, 5.41) is 5.21. The maximum atomic E-state index is 11.9. The van der Waals surface area contributed by atoms with E-state index in [9.17, 15) is 14.4 Å². The highest BCUT2D eigenvalue weighted by Crippen LogP contribution is 2.26. The number of carbonyl (C=O) groups excluding carboxylic acids is 3. The largest absolute Gasteiger partial charge is 0.490 e. The van der Waals surface area contributed by atoms with Crippen LogP contribution >= 0.6 is 0 Å². The van der Waals surface area contributed by atoms with Crippen LogP contribution in [0.2, 0.25) is 0 Å². The molecule has 0 aliphatic heterocycles. The second-order valence-corrected chi connectivity index (χ2v) is 5.64. The second kappa shape index (κ2) is 10.6. The summed E-state index contributed by atoms with van der Waals surface area (Å²) >= 11 is 0. The second-order valence-electron chi connectivity index (χ2n) is 5.64. The fourth-order valence-electron chi connectivity index (χ4n) is 2.21. The van der Waals surface area contributed by atoms with Gasteiger partial charge in [0, 0.05) is 18.3 Å². The Hall–Kier alpha value is -3.55. The Kier molecular flexibility index (Phi) is 7.83. The van der Waals surface area contributed by atoms with Crippen LogP contribution in [-0.4, -0.2) is 37.6 Å². The number of esters is 1. The Morgan fingerprint density at radius 1 is 0.821 bits per heavy atom. The van der Waals surface area contributed by atoms with Crippen molar-refractivity contribution in [3.05, 3.63) is 48.5 Å². The van der Waals surface area contributed by atoms with E-state index >= 15 is 0 Å². The summed E-state index contributed by atoms with van der Waals surface area (Å²) < 4.78 is 15.7. The molecule has 0 heterocycles. The molecular weight excluding hydrogens is 364 g/mol. The number of para-hydroxylation sites is 2. The lowest BCUT2D eigenvalue weighted by molar-refractivity contribution is -0.149. The van der Waals surface area contributed by atoms with Crippen LogP contribution in [0.3, 0.4) is 0 Å². The highest BCUT2D eigenvalue weighted by molar-refractivity contribution is 5.93. The van der Waals surface area contributed by atoms with Gasteiger partial charge in [0.2, 0.25) is 5.91 Å². The molecule has 2 aromatic rings. The molecule has 2 N–H and O–H groups in total. The molecule has 0 radical (unpaired) electrons. The fraction of sp³-hybridized carbons (Fsp3) is 0.250. The van der Waals surface area contributed by atoms with Gasteiger partial charge in [-0.25, -0.2) is 4.79 Å². The molecule has 0 bridgehead atoms. The summed E-state index contributed by atoms with van der Waals surface area (Å²) in [4.78, 5) is 34.6. The van der Waals surface area contributed by atoms with E-state index in [0.29, 0.717) is 29.5 Å². The number of anilines is 2. The van der Waals surface area contributed by atoms with Crippen LogP contribution in [0, 0.1) is 0 Å². The lowest BCUT2D eigenvalue weighted by Gasteiger charge is -2.11. The molecule has 0 atom stereocenters. The predicted octanol–water partition coefficient (Wildman–Crippen LogP) is 2.60. The maximum absolute atomic E-state index is 11.9. The van der Waals surface area contributed by atoms with Gasteiger partial charge >= 0.3 is 5.97 Å². The van der Waals surface area contributed by atoms with Crippen LogP contribution in [0.1, 0.15) is 13.8 Å². The molecule has 2 aromatic carbocycles. The zero-order valence-corrected chi connectivity index (χ0v) is 15.7. The molecule has 2 rings (SSSR count). The monoisotopic (exact) mass is 386 g/mol. The Morgan fingerprint density at radius 3 is 1.96 bits per heavy atom. The van der Waals surface area contributed by atoms with Crippen LogP contribution in [0.5, 0.6) is 11.5 Å². The first-order valence-corrected chi connectivity index (χ1v) is 8.65. The lowest BCUT2D eigenvalue weighted by Crippen LogP contribution is -2.23. The number of hydrogen-bond acceptors (Lipinski definition) is 6. The molecular formula is C20H22N2O6. The van der Waals surface area contributed by atoms with Crippen LogP contribution in [0.25, 0.3) is 0 Å². The van der Waals surface area contributed by atoms with E-state index in [1.165, 1.54) is 6.92 Å². The van der Waals surface area contributed by atoms with Gasteiger partial charge in [0.25, 0.3) is 5.91 Å². The predicted molar refractivity (Wildman–Crippen MR) is 103 cm³/mol. The van der Waals surface area contributed by atoms with Crippen molar-refractivity contribution >= 4 is 29.2 Å². The van der Waals surface area contributed by atoms with Gasteiger partial charge in [0.05, 0.1) is 6.61 Å². The minimum absolute atomic E-state index is 0.185. The highest BCUT2D eigenvalue weighted by Gasteiger charge is 2.11. The van der Waals surface area contributed by atoms with Crippen LogP contribution < -0.4 is 20.1 Å². The van der Waals surface area contributed by atoms with Gasteiger partial charge in [-0.15, -0.1) is 0 Å². The van der Waals surface area contributed by atoms with Crippen molar-refractivity contribution in [3.8, 4) is 11.5 Å². The Labute approximate surface area is 162 Å². The molecule has 148 valence electrons. The van der Waals surface area contributed by atoms with E-state index in [4.69, 9.17) is 14.2 Å². The lowest BCUT2D eigenvalue weighted by atomic mass is 10.2. The molecule has 0 aliphatic carbocycles. The Balaban J connectivity index is 1.75. The number of nitrogens with one attached hydrogen (secondary N) is 2. The van der Waals surface area contributed by atoms with Gasteiger partial charge in [-0.05, 0) is 43.3 Å². The third-order valence-electron chi connectivity index (χ3n) is 3.35. The van der Waals surface area contributed by atoms with E-state index < -0.39 is 18.5 Å². The molecule has 0 spiro atoms. The minimum Gasteiger partial charge on any atom is -0.490 e. The summed E-state index contributed by atoms with van der Waals surface area (Å²) in [5.41, 5.74) is 1.12. The Morgan fingerprint density at radius 2 is 1.39 bits per heavy atom. The van der Waals surface area contributed by atoms with E-state index in [1.54, 1.807) is 48.5 Å². The maximum Gasteiger partial charge on any atom is 0.344 e. The average molecular weight is 386 g/mol. The van der Waals surface area contributed by atoms with Gasteiger partial charge in [0.15, 0.2) is 24.7 Å². The third kappa shape index (κ3) is 6.99. The summed E-state index contributed by atoms with van der Waals surface area (Å²) in [6.45, 7) is 2.93. The van der Waals surface area contributed by atoms with Gasteiger partial charge in [-0.1, -0.05) is 12.1 Å². The van der Waals surface area contributed by atoms with Crippen molar-refractivity contribution in [2.24, 2.45) is 0 Å². The van der Waals surface area contributed by atoms with Crippen LogP contribution in [-0.2, 0) is 19.1 Å². The SMILES string of the molecule is CCOc1ccccc1OCC(=O)OCC(=O)Nc1ccc(NC(C)=O)cc1. The summed E-state index contributed by atoms with van der Waals surface area (Å²) in [6.07, 6.45) is 0. The summed E-state index contributed by atoms with van der Waals surface area (Å²) in [5.74, 6) is -0.407. The molecule has 0 unspecified atom stereocenters. The van der Waals surface area contributed by atoms with Gasteiger partial charge in [-0.3, -0.25) is 9.59 Å². The first kappa shape index (κ1) is 20.8. The number of ether oxygens (including phenoxy) is 3. The summed E-state index contributed by atoms with van der Waals surface area (Å²) in [7, 11) is 0. The third-order valence-corrected chi connectivity index (χ3v) is 3.35. The topological polar surface area (TPSA) is 103 Å². The van der Waals surface area contributed by atoms with Crippen molar-refractivity contribution in [1.29, 1.82) is 0 Å². The van der Waals surface area contributed by atoms with Gasteiger partial charge in [0.1, 0.15) is 0 Å². The number of benzene rings is 2. The number of rotatable bonds is 9. The number of amides is 2. The average Bonchev–Trinajstić information content (AvgIpc) is 2.67. The molecule has 0 saturated carbocycles. The minimum atomic E-state index is -0.678. The normalized spacial score (nSPS) is 9.93. The molecule has 2 amide bonds. The van der Waals surface area contributed by atoms with E-state index in [2.05, 4.69) is 10.6 Å². The highest BCUT2D eigenvalue weighted by atomic mass is 16.6. The fourth-order valence-corrected chi connectivity index (χ4v) is 2.21. The van der Waals surface area contributed by atoms with Crippen LogP contribution in [0.4, 0.5) is 11.4 Å². The number of carbonyl (C=O) groups is 3. The van der Waals surface area contributed by atoms with E-state index in [1.807, 2.05) is 6.92 Å². The van der Waals surface area contributed by atoms with Gasteiger partial charge in [-0.2, -0.15) is 0 Å². The van der Waals surface area contributed by atoms with Crippen molar-refractivity contribution in [2.75, 3.05) is 30.5 Å². The van der Waals surface area contributed by atoms with Crippen molar-refractivity contribution < 1.29 is 28.6 Å². The zero-order valence-electron chi connectivity index (χ0n) is 15.7. The molecule has 8 heteroatoms. The molecule has 0 aliphatic rings. The van der Waals surface area contributed by atoms with Crippen molar-refractivity contribution in [2.45, 2.75) is 13.8 Å². The molecule has 8 nitrogen and oxygen atoms in total.